The zero-order chi connectivity index (χ0) is 21.2. The number of hydrogen-bond acceptors (Lipinski definition) is 7. The lowest BCUT2D eigenvalue weighted by molar-refractivity contribution is 0.0254. The first-order chi connectivity index (χ1) is 15.2. The topological polar surface area (TPSA) is 98.8 Å². The highest BCUT2D eigenvalue weighted by molar-refractivity contribution is 9.10. The number of pyridine rings is 2. The third-order valence-corrected chi connectivity index (χ3v) is 6.17. The molecule has 5 rings (SSSR count). The van der Waals surface area contributed by atoms with Gasteiger partial charge in [-0.3, -0.25) is 4.98 Å². The fourth-order valence-corrected chi connectivity index (χ4v) is 4.35. The number of aromatic nitrogens is 4. The number of fused-ring (bicyclic) bond motifs is 1. The zero-order valence-corrected chi connectivity index (χ0v) is 18.3. The van der Waals surface area contributed by atoms with Gasteiger partial charge in [0.1, 0.15) is 18.2 Å². The quantitative estimate of drug-likeness (QED) is 0.463. The van der Waals surface area contributed by atoms with Gasteiger partial charge < -0.3 is 15.8 Å². The van der Waals surface area contributed by atoms with Crippen molar-refractivity contribution in [2.75, 3.05) is 25.4 Å². The summed E-state index contributed by atoms with van der Waals surface area (Å²) >= 11 is 3.65. The second kappa shape index (κ2) is 8.66. The van der Waals surface area contributed by atoms with Crippen LogP contribution in [-0.2, 0) is 11.2 Å². The first-order valence-electron chi connectivity index (χ1n) is 10.1. The van der Waals surface area contributed by atoms with Crippen molar-refractivity contribution >= 4 is 32.8 Å². The number of hydrogen-bond donors (Lipinski definition) is 2. The van der Waals surface area contributed by atoms with E-state index in [-0.39, 0.29) is 6.10 Å². The van der Waals surface area contributed by atoms with Gasteiger partial charge in [0.2, 0.25) is 0 Å². The molecule has 4 heterocycles. The summed E-state index contributed by atoms with van der Waals surface area (Å²) in [5, 5.41) is 4.15. The Morgan fingerprint density at radius 1 is 1.10 bits per heavy atom. The highest BCUT2D eigenvalue weighted by Gasteiger charge is 2.22. The number of morpholine rings is 1. The standard InChI is InChI=1S/C23H21BrN6O/c24-17-6-2-1-4-14(17)10-15-11-18(30-23-20(15)22(25)28-13-29-23)16-5-3-7-27-21(16)19-12-26-8-9-31-19/h1-7,11,13,19,26H,8-10,12H2,(H2,25,28,29,30). The van der Waals surface area contributed by atoms with Gasteiger partial charge in [-0.2, -0.15) is 0 Å². The van der Waals surface area contributed by atoms with E-state index in [1.807, 2.05) is 30.3 Å². The molecule has 1 aliphatic rings. The Morgan fingerprint density at radius 3 is 2.84 bits per heavy atom. The van der Waals surface area contributed by atoms with E-state index in [9.17, 15) is 0 Å². The molecule has 0 aliphatic carbocycles. The number of anilines is 1. The molecular weight excluding hydrogens is 456 g/mol. The number of nitrogen functional groups attached to an aromatic ring is 1. The molecule has 1 aliphatic heterocycles. The molecule has 4 aromatic rings. The van der Waals surface area contributed by atoms with Crippen LogP contribution >= 0.6 is 15.9 Å². The number of nitrogens with zero attached hydrogens (tertiary/aromatic N) is 4. The van der Waals surface area contributed by atoms with Gasteiger partial charge in [-0.1, -0.05) is 34.1 Å². The SMILES string of the molecule is Nc1ncnc2nc(-c3cccnc3C3CNCCO3)cc(Cc3ccccc3Br)c12. The highest BCUT2D eigenvalue weighted by atomic mass is 79.9. The normalized spacial score (nSPS) is 16.5. The Hall–Kier alpha value is -2.94. The summed E-state index contributed by atoms with van der Waals surface area (Å²) in [6.07, 6.45) is 3.79. The van der Waals surface area contributed by atoms with Gasteiger partial charge in [0, 0.05) is 29.3 Å². The van der Waals surface area contributed by atoms with Crippen molar-refractivity contribution in [3.05, 3.63) is 76.3 Å². The third kappa shape index (κ3) is 4.01. The summed E-state index contributed by atoms with van der Waals surface area (Å²) in [5.74, 6) is 0.428. The molecule has 1 aromatic carbocycles. The van der Waals surface area contributed by atoms with Gasteiger partial charge in [-0.15, -0.1) is 0 Å². The van der Waals surface area contributed by atoms with E-state index in [1.54, 1.807) is 6.20 Å². The average Bonchev–Trinajstić information content (AvgIpc) is 2.81. The Bertz CT molecular complexity index is 1240. The summed E-state index contributed by atoms with van der Waals surface area (Å²) in [6.45, 7) is 2.22. The molecule has 156 valence electrons. The van der Waals surface area contributed by atoms with Crippen LogP contribution in [0.3, 0.4) is 0 Å². The molecule has 1 atom stereocenters. The fourth-order valence-electron chi connectivity index (χ4n) is 3.92. The van der Waals surface area contributed by atoms with Crippen molar-refractivity contribution in [3.63, 3.8) is 0 Å². The lowest BCUT2D eigenvalue weighted by Crippen LogP contribution is -2.34. The first kappa shape index (κ1) is 20.0. The predicted octanol–water partition coefficient (Wildman–Crippen LogP) is 3.68. The minimum Gasteiger partial charge on any atom is -0.383 e. The maximum Gasteiger partial charge on any atom is 0.165 e. The summed E-state index contributed by atoms with van der Waals surface area (Å²) in [7, 11) is 0. The minimum atomic E-state index is -0.121. The molecule has 7 nitrogen and oxygen atoms in total. The number of nitrogens with one attached hydrogen (secondary N) is 1. The number of benzene rings is 1. The van der Waals surface area contributed by atoms with Crippen LogP contribution in [0.5, 0.6) is 0 Å². The molecule has 3 aromatic heterocycles. The van der Waals surface area contributed by atoms with Crippen LogP contribution in [-0.4, -0.2) is 39.6 Å². The molecule has 0 spiro atoms. The van der Waals surface area contributed by atoms with Crippen LogP contribution < -0.4 is 11.1 Å². The van der Waals surface area contributed by atoms with E-state index >= 15 is 0 Å². The van der Waals surface area contributed by atoms with Crippen molar-refractivity contribution < 1.29 is 4.74 Å². The van der Waals surface area contributed by atoms with Crippen molar-refractivity contribution in [1.82, 2.24) is 25.3 Å². The van der Waals surface area contributed by atoms with Gasteiger partial charge in [0.15, 0.2) is 5.65 Å². The molecule has 0 bridgehead atoms. The Kier molecular flexibility index (Phi) is 5.59. The Morgan fingerprint density at radius 2 is 2.00 bits per heavy atom. The molecule has 3 N–H and O–H groups in total. The van der Waals surface area contributed by atoms with Crippen LogP contribution in [0.1, 0.15) is 22.9 Å². The van der Waals surface area contributed by atoms with E-state index in [0.717, 1.165) is 51.0 Å². The number of rotatable bonds is 4. The third-order valence-electron chi connectivity index (χ3n) is 5.40. The summed E-state index contributed by atoms with van der Waals surface area (Å²) in [5.41, 5.74) is 11.6. The van der Waals surface area contributed by atoms with Crippen LogP contribution in [0, 0.1) is 0 Å². The number of ether oxygens (including phenoxy) is 1. The zero-order valence-electron chi connectivity index (χ0n) is 16.8. The second-order valence-electron chi connectivity index (χ2n) is 7.39. The maximum absolute atomic E-state index is 6.24. The average molecular weight is 477 g/mol. The minimum absolute atomic E-state index is 0.121. The molecular formula is C23H21BrN6O. The van der Waals surface area contributed by atoms with E-state index in [0.29, 0.717) is 24.5 Å². The van der Waals surface area contributed by atoms with Crippen LogP contribution in [0.25, 0.3) is 22.3 Å². The summed E-state index contributed by atoms with van der Waals surface area (Å²) < 4.78 is 7.01. The van der Waals surface area contributed by atoms with Crippen molar-refractivity contribution in [3.8, 4) is 11.3 Å². The van der Waals surface area contributed by atoms with Gasteiger partial charge in [-0.25, -0.2) is 15.0 Å². The lowest BCUT2D eigenvalue weighted by atomic mass is 9.98. The van der Waals surface area contributed by atoms with Gasteiger partial charge >= 0.3 is 0 Å². The molecule has 1 fully saturated rings. The van der Waals surface area contributed by atoms with E-state index in [2.05, 4.69) is 48.3 Å². The van der Waals surface area contributed by atoms with Gasteiger partial charge in [0.05, 0.1) is 23.4 Å². The van der Waals surface area contributed by atoms with E-state index in [4.69, 9.17) is 15.5 Å². The second-order valence-corrected chi connectivity index (χ2v) is 8.25. The van der Waals surface area contributed by atoms with Crippen molar-refractivity contribution in [2.24, 2.45) is 0 Å². The molecule has 1 saturated heterocycles. The molecule has 8 heteroatoms. The fraction of sp³-hybridized carbons (Fsp3) is 0.217. The number of halogens is 1. The van der Waals surface area contributed by atoms with Crippen molar-refractivity contribution in [1.29, 1.82) is 0 Å². The largest absolute Gasteiger partial charge is 0.383 e. The van der Waals surface area contributed by atoms with Crippen LogP contribution in [0.4, 0.5) is 5.82 Å². The number of nitrogens with two attached hydrogens (primary N) is 1. The molecule has 0 amide bonds. The monoisotopic (exact) mass is 476 g/mol. The summed E-state index contributed by atoms with van der Waals surface area (Å²) in [6, 6.07) is 14.2. The van der Waals surface area contributed by atoms with Gasteiger partial charge in [0.25, 0.3) is 0 Å². The predicted molar refractivity (Wildman–Crippen MR) is 123 cm³/mol. The molecule has 31 heavy (non-hydrogen) atoms. The maximum atomic E-state index is 6.24. The Balaban J connectivity index is 1.67. The lowest BCUT2D eigenvalue weighted by Gasteiger charge is -2.25. The highest BCUT2D eigenvalue weighted by Crippen LogP contribution is 2.33. The van der Waals surface area contributed by atoms with E-state index in [1.165, 1.54) is 6.33 Å². The Labute approximate surface area is 188 Å². The molecule has 1 unspecified atom stereocenters. The smallest absolute Gasteiger partial charge is 0.165 e. The van der Waals surface area contributed by atoms with E-state index < -0.39 is 0 Å². The van der Waals surface area contributed by atoms with Crippen molar-refractivity contribution in [2.45, 2.75) is 12.5 Å². The van der Waals surface area contributed by atoms with Crippen LogP contribution in [0.15, 0.2) is 59.5 Å². The molecule has 0 radical (unpaired) electrons. The molecule has 0 saturated carbocycles. The van der Waals surface area contributed by atoms with Gasteiger partial charge in [-0.05, 0) is 41.8 Å². The first-order valence-corrected chi connectivity index (χ1v) is 10.9. The van der Waals surface area contributed by atoms with Crippen LogP contribution in [0.2, 0.25) is 0 Å². The summed E-state index contributed by atoms with van der Waals surface area (Å²) in [4.78, 5) is 18.1.